The fourth-order valence-corrected chi connectivity index (χ4v) is 1.51. The molecule has 0 bridgehead atoms. The van der Waals surface area contributed by atoms with Crippen molar-refractivity contribution in [2.75, 3.05) is 7.11 Å². The van der Waals surface area contributed by atoms with Gasteiger partial charge in [0.2, 0.25) is 5.78 Å². The number of nitrogens with two attached hydrogens (primary N) is 1. The maximum Gasteiger partial charge on any atom is 0.330 e. The monoisotopic (exact) mass is 235 g/mol. The second-order valence-electron chi connectivity index (χ2n) is 2.34. The zero-order valence-corrected chi connectivity index (χ0v) is 9.06. The zero-order valence-electron chi connectivity index (χ0n) is 7.43. The highest BCUT2D eigenvalue weighted by atomic mass is 35.5. The van der Waals surface area contributed by atoms with Gasteiger partial charge in [-0.25, -0.2) is 4.79 Å². The minimum Gasteiger partial charge on any atom is -0.468 e. The summed E-state index contributed by atoms with van der Waals surface area (Å²) in [6.45, 7) is 0. The fourth-order valence-electron chi connectivity index (χ4n) is 0.806. The Morgan fingerprint density at radius 1 is 1.57 bits per heavy atom. The molecule has 1 rings (SSSR count). The molecule has 0 saturated carbocycles. The first-order valence-electron chi connectivity index (χ1n) is 3.58. The van der Waals surface area contributed by atoms with Crippen LogP contribution in [0.1, 0.15) is 9.67 Å². The van der Waals surface area contributed by atoms with Crippen LogP contribution in [0.2, 0.25) is 0 Å². The van der Waals surface area contributed by atoms with Gasteiger partial charge in [-0.1, -0.05) is 6.07 Å². The molecule has 0 aliphatic rings. The summed E-state index contributed by atoms with van der Waals surface area (Å²) in [4.78, 5) is 22.7. The van der Waals surface area contributed by atoms with Crippen LogP contribution in [0.5, 0.6) is 0 Å². The standard InChI is InChI=1S/C8H9NO3S.ClH/c1-12-8(11)6(9)7(10)5-3-2-4-13-5;/h2-4,6H,9H2,1H3;1H. The summed E-state index contributed by atoms with van der Waals surface area (Å²) in [5, 5.41) is 1.75. The van der Waals surface area contributed by atoms with E-state index in [4.69, 9.17) is 5.73 Å². The lowest BCUT2D eigenvalue weighted by Gasteiger charge is -2.05. The summed E-state index contributed by atoms with van der Waals surface area (Å²) >= 11 is 1.25. The quantitative estimate of drug-likeness (QED) is 0.479. The van der Waals surface area contributed by atoms with Gasteiger partial charge in [-0.15, -0.1) is 23.7 Å². The van der Waals surface area contributed by atoms with E-state index in [1.165, 1.54) is 18.4 Å². The Labute approximate surface area is 91.5 Å². The number of esters is 1. The van der Waals surface area contributed by atoms with Crippen molar-refractivity contribution in [3.05, 3.63) is 22.4 Å². The SMILES string of the molecule is COC(=O)C(N)C(=O)c1cccs1.Cl. The van der Waals surface area contributed by atoms with E-state index in [1.807, 2.05) is 0 Å². The largest absolute Gasteiger partial charge is 0.468 e. The average Bonchev–Trinajstić information content (AvgIpc) is 2.67. The van der Waals surface area contributed by atoms with Crippen molar-refractivity contribution in [1.29, 1.82) is 0 Å². The van der Waals surface area contributed by atoms with Gasteiger partial charge in [0, 0.05) is 0 Å². The smallest absolute Gasteiger partial charge is 0.330 e. The van der Waals surface area contributed by atoms with Crippen molar-refractivity contribution in [1.82, 2.24) is 0 Å². The molecule has 0 saturated heterocycles. The minimum atomic E-state index is -1.20. The summed E-state index contributed by atoms with van der Waals surface area (Å²) in [5.74, 6) is -1.11. The van der Waals surface area contributed by atoms with Gasteiger partial charge in [0.25, 0.3) is 0 Å². The molecular weight excluding hydrogens is 226 g/mol. The first kappa shape index (κ1) is 13.1. The van der Waals surface area contributed by atoms with Crippen LogP contribution in [-0.4, -0.2) is 24.9 Å². The maximum atomic E-state index is 11.4. The molecule has 0 fully saturated rings. The molecule has 0 radical (unpaired) electrons. The van der Waals surface area contributed by atoms with Crippen LogP contribution in [0.15, 0.2) is 17.5 Å². The molecular formula is C8H10ClNO3S. The lowest BCUT2D eigenvalue weighted by Crippen LogP contribution is -2.39. The van der Waals surface area contributed by atoms with Crippen LogP contribution in [0.3, 0.4) is 0 Å². The lowest BCUT2D eigenvalue weighted by molar-refractivity contribution is -0.140. The highest BCUT2D eigenvalue weighted by molar-refractivity contribution is 7.12. The lowest BCUT2D eigenvalue weighted by atomic mass is 10.2. The number of carbonyl (C=O) groups is 2. The number of Topliss-reactive ketones (excluding diaryl/α,β-unsaturated/α-hetero) is 1. The molecule has 78 valence electrons. The molecule has 1 heterocycles. The van der Waals surface area contributed by atoms with Gasteiger partial charge in [0.1, 0.15) is 0 Å². The number of ether oxygens (including phenoxy) is 1. The predicted octanol–water partition coefficient (Wildman–Crippen LogP) is 0.853. The van der Waals surface area contributed by atoms with Crippen molar-refractivity contribution in [2.45, 2.75) is 6.04 Å². The third kappa shape index (κ3) is 2.80. The first-order chi connectivity index (χ1) is 6.16. The molecule has 1 aromatic heterocycles. The van der Waals surface area contributed by atoms with Crippen LogP contribution in [0.25, 0.3) is 0 Å². The third-order valence-electron chi connectivity index (χ3n) is 1.50. The normalized spacial score (nSPS) is 11.3. The van der Waals surface area contributed by atoms with Gasteiger partial charge in [-0.3, -0.25) is 4.79 Å². The van der Waals surface area contributed by atoms with Gasteiger partial charge in [0.15, 0.2) is 6.04 Å². The molecule has 0 aromatic carbocycles. The molecule has 1 unspecified atom stereocenters. The number of halogens is 1. The second-order valence-corrected chi connectivity index (χ2v) is 3.29. The zero-order chi connectivity index (χ0) is 9.84. The molecule has 0 spiro atoms. The molecule has 0 aliphatic heterocycles. The summed E-state index contributed by atoms with van der Waals surface area (Å²) in [6, 6.07) is 2.14. The predicted molar refractivity (Wildman–Crippen MR) is 55.9 cm³/mol. The van der Waals surface area contributed by atoms with E-state index in [-0.39, 0.29) is 12.4 Å². The van der Waals surface area contributed by atoms with Gasteiger partial charge in [-0.2, -0.15) is 0 Å². The molecule has 0 amide bonds. The van der Waals surface area contributed by atoms with E-state index in [0.29, 0.717) is 4.88 Å². The number of ketones is 1. The van der Waals surface area contributed by atoms with Gasteiger partial charge in [0.05, 0.1) is 12.0 Å². The maximum absolute atomic E-state index is 11.4. The third-order valence-corrected chi connectivity index (χ3v) is 2.39. The number of rotatable bonds is 3. The van der Waals surface area contributed by atoms with E-state index in [1.54, 1.807) is 17.5 Å². The van der Waals surface area contributed by atoms with Crippen LogP contribution in [0, 0.1) is 0 Å². The Kier molecular flexibility index (Phi) is 5.37. The van der Waals surface area contributed by atoms with Crippen LogP contribution >= 0.6 is 23.7 Å². The first-order valence-corrected chi connectivity index (χ1v) is 4.46. The Morgan fingerprint density at radius 2 is 2.21 bits per heavy atom. The van der Waals surface area contributed by atoms with Crippen LogP contribution in [-0.2, 0) is 9.53 Å². The Hall–Kier alpha value is -0.910. The highest BCUT2D eigenvalue weighted by Crippen LogP contribution is 2.10. The van der Waals surface area contributed by atoms with E-state index in [2.05, 4.69) is 4.74 Å². The molecule has 1 aromatic rings. The van der Waals surface area contributed by atoms with Crippen molar-refractivity contribution in [3.8, 4) is 0 Å². The number of methoxy groups -OCH3 is 1. The number of hydrogen-bond donors (Lipinski definition) is 1. The highest BCUT2D eigenvalue weighted by Gasteiger charge is 2.24. The summed E-state index contributed by atoms with van der Waals surface area (Å²) in [5.41, 5.74) is 5.35. The summed E-state index contributed by atoms with van der Waals surface area (Å²) in [7, 11) is 1.20. The Balaban J connectivity index is 0.00000169. The molecule has 0 aliphatic carbocycles. The van der Waals surface area contributed by atoms with E-state index >= 15 is 0 Å². The fraction of sp³-hybridized carbons (Fsp3) is 0.250. The molecule has 6 heteroatoms. The average molecular weight is 236 g/mol. The molecule has 2 N–H and O–H groups in total. The Bertz CT molecular complexity index is 312. The van der Waals surface area contributed by atoms with Crippen LogP contribution in [0.4, 0.5) is 0 Å². The van der Waals surface area contributed by atoms with Crippen molar-refractivity contribution >= 4 is 35.5 Å². The van der Waals surface area contributed by atoms with Crippen molar-refractivity contribution in [2.24, 2.45) is 5.73 Å². The summed E-state index contributed by atoms with van der Waals surface area (Å²) in [6.07, 6.45) is 0. The number of thiophene rings is 1. The molecule has 1 atom stereocenters. The molecule has 14 heavy (non-hydrogen) atoms. The van der Waals surface area contributed by atoms with Gasteiger partial charge < -0.3 is 10.5 Å². The van der Waals surface area contributed by atoms with E-state index < -0.39 is 17.8 Å². The summed E-state index contributed by atoms with van der Waals surface area (Å²) < 4.78 is 4.35. The topological polar surface area (TPSA) is 69.4 Å². The van der Waals surface area contributed by atoms with Gasteiger partial charge in [-0.05, 0) is 11.4 Å². The minimum absolute atomic E-state index is 0. The van der Waals surface area contributed by atoms with Crippen LogP contribution < -0.4 is 5.73 Å². The van der Waals surface area contributed by atoms with Crippen molar-refractivity contribution in [3.63, 3.8) is 0 Å². The second kappa shape index (κ2) is 5.74. The molecule has 4 nitrogen and oxygen atoms in total. The number of hydrogen-bond acceptors (Lipinski definition) is 5. The van der Waals surface area contributed by atoms with E-state index in [0.717, 1.165) is 0 Å². The van der Waals surface area contributed by atoms with Crippen molar-refractivity contribution < 1.29 is 14.3 Å². The van der Waals surface area contributed by atoms with Gasteiger partial charge >= 0.3 is 5.97 Å². The Morgan fingerprint density at radius 3 is 2.64 bits per heavy atom. The number of carbonyl (C=O) groups excluding carboxylic acids is 2. The van der Waals surface area contributed by atoms with E-state index in [9.17, 15) is 9.59 Å².